The Labute approximate surface area is 204 Å². The van der Waals surface area contributed by atoms with Gasteiger partial charge in [-0.25, -0.2) is 9.97 Å². The van der Waals surface area contributed by atoms with Crippen molar-refractivity contribution in [1.82, 2.24) is 9.97 Å². The molecule has 3 aromatic carbocycles. The molecule has 0 aliphatic rings. The molecule has 0 atom stereocenters. The van der Waals surface area contributed by atoms with Gasteiger partial charge in [-0.2, -0.15) is 0 Å². The monoisotopic (exact) mass is 489 g/mol. The minimum absolute atomic E-state index is 0.0201. The van der Waals surface area contributed by atoms with Crippen molar-refractivity contribution in [1.29, 1.82) is 0 Å². The number of ether oxygens (including phenoxy) is 1. The average molecular weight is 490 g/mol. The lowest BCUT2D eigenvalue weighted by Gasteiger charge is -2.11. The first-order valence-corrected chi connectivity index (χ1v) is 11.8. The van der Waals surface area contributed by atoms with E-state index in [-0.39, 0.29) is 6.42 Å². The summed E-state index contributed by atoms with van der Waals surface area (Å²) in [5.41, 5.74) is 2.55. The van der Waals surface area contributed by atoms with Gasteiger partial charge in [-0.1, -0.05) is 60.1 Å². The molecule has 0 saturated heterocycles. The van der Waals surface area contributed by atoms with Crippen molar-refractivity contribution in [3.05, 3.63) is 82.9 Å². The van der Waals surface area contributed by atoms with Crippen molar-refractivity contribution in [2.75, 3.05) is 12.4 Å². The molecule has 5 rings (SSSR count). The number of benzene rings is 3. The zero-order chi connectivity index (χ0) is 23.7. The number of rotatable bonds is 7. The molecule has 170 valence electrons. The largest absolute Gasteiger partial charge is 0.495 e. The third kappa shape index (κ3) is 4.40. The third-order valence-electron chi connectivity index (χ3n) is 5.48. The van der Waals surface area contributed by atoms with E-state index in [2.05, 4.69) is 17.4 Å². The second-order valence-electron chi connectivity index (χ2n) is 7.76. The number of anilines is 1. The van der Waals surface area contributed by atoms with Gasteiger partial charge >= 0.3 is 5.97 Å². The highest BCUT2D eigenvalue weighted by Gasteiger charge is 2.15. The molecule has 0 spiro atoms. The van der Waals surface area contributed by atoms with Crippen LogP contribution in [0, 0.1) is 0 Å². The summed E-state index contributed by atoms with van der Waals surface area (Å²) in [7, 11) is 1.59. The predicted molar refractivity (Wildman–Crippen MR) is 137 cm³/mol. The van der Waals surface area contributed by atoms with Crippen LogP contribution >= 0.6 is 22.9 Å². The van der Waals surface area contributed by atoms with Crippen LogP contribution in [0.1, 0.15) is 11.1 Å². The number of halogens is 1. The Morgan fingerprint density at radius 3 is 2.56 bits per heavy atom. The van der Waals surface area contributed by atoms with Crippen LogP contribution < -0.4 is 10.1 Å². The number of carbonyl (C=O) groups is 1. The lowest BCUT2D eigenvalue weighted by atomic mass is 10.1. The predicted octanol–water partition coefficient (Wildman–Crippen LogP) is 6.41. The molecular formula is C26H20ClN3O3S. The Balaban J connectivity index is 1.55. The van der Waals surface area contributed by atoms with E-state index in [1.165, 1.54) is 0 Å². The number of hydrogen-bond acceptors (Lipinski definition) is 6. The summed E-state index contributed by atoms with van der Waals surface area (Å²) < 4.78 is 6.38. The Morgan fingerprint density at radius 1 is 1.06 bits per heavy atom. The minimum Gasteiger partial charge on any atom is -0.495 e. The van der Waals surface area contributed by atoms with Crippen LogP contribution in [0.25, 0.3) is 31.7 Å². The summed E-state index contributed by atoms with van der Waals surface area (Å²) in [4.78, 5) is 21.6. The Morgan fingerprint density at radius 2 is 1.82 bits per heavy atom. The molecule has 6 nitrogen and oxygen atoms in total. The number of aliphatic carboxylic acids is 1. The second kappa shape index (κ2) is 9.29. The maximum Gasteiger partial charge on any atom is 0.307 e. The lowest BCUT2D eigenvalue weighted by Crippen LogP contribution is -2.04. The average Bonchev–Trinajstić information content (AvgIpc) is 3.21. The number of thiophene rings is 1. The van der Waals surface area contributed by atoms with Gasteiger partial charge < -0.3 is 15.2 Å². The molecule has 0 saturated carbocycles. The maximum absolute atomic E-state index is 11.0. The van der Waals surface area contributed by atoms with Gasteiger partial charge in [0.15, 0.2) is 5.82 Å². The standard InChI is InChI=1S/C26H20ClN3O3S/c1-33-20-11-8-16(12-19(20)27)14-28-25-23-18-4-2-3-5-21(18)34-26(23)30-24(29-25)17-9-6-15(7-10-17)13-22(31)32/h2-12H,13-14H2,1H3,(H,31,32)(H,28,29,30). The third-order valence-corrected chi connectivity index (χ3v) is 6.84. The highest BCUT2D eigenvalue weighted by atomic mass is 35.5. The van der Waals surface area contributed by atoms with E-state index in [0.29, 0.717) is 23.1 Å². The van der Waals surface area contributed by atoms with E-state index in [4.69, 9.17) is 31.4 Å². The highest BCUT2D eigenvalue weighted by Crippen LogP contribution is 2.38. The summed E-state index contributed by atoms with van der Waals surface area (Å²) in [5, 5.41) is 15.1. The number of fused-ring (bicyclic) bond motifs is 3. The van der Waals surface area contributed by atoms with Crippen LogP contribution in [0.5, 0.6) is 5.75 Å². The lowest BCUT2D eigenvalue weighted by molar-refractivity contribution is -0.136. The van der Waals surface area contributed by atoms with Crippen LogP contribution in [0.15, 0.2) is 66.7 Å². The molecule has 34 heavy (non-hydrogen) atoms. The summed E-state index contributed by atoms with van der Waals surface area (Å²) >= 11 is 7.92. The number of nitrogens with zero attached hydrogens (tertiary/aromatic N) is 2. The minimum atomic E-state index is -0.860. The molecule has 2 N–H and O–H groups in total. The van der Waals surface area contributed by atoms with Crippen LogP contribution in [0.4, 0.5) is 5.82 Å². The molecule has 8 heteroatoms. The molecule has 0 aliphatic carbocycles. The van der Waals surface area contributed by atoms with Crippen LogP contribution in [0.2, 0.25) is 5.02 Å². The van der Waals surface area contributed by atoms with Gasteiger partial charge in [0.2, 0.25) is 0 Å². The molecule has 5 aromatic rings. The normalized spacial score (nSPS) is 11.1. The smallest absolute Gasteiger partial charge is 0.307 e. The first-order valence-electron chi connectivity index (χ1n) is 10.6. The number of carboxylic acid groups (broad SMARTS) is 1. The SMILES string of the molecule is COc1ccc(CNc2nc(-c3ccc(CC(=O)O)cc3)nc3sc4ccccc4c23)cc1Cl. The van der Waals surface area contributed by atoms with Crippen molar-refractivity contribution >= 4 is 55.0 Å². The molecule has 0 amide bonds. The van der Waals surface area contributed by atoms with Crippen molar-refractivity contribution < 1.29 is 14.6 Å². The first kappa shape index (κ1) is 22.1. The Hall–Kier alpha value is -3.68. The first-order chi connectivity index (χ1) is 16.5. The fraction of sp³-hybridized carbons (Fsp3) is 0.115. The van der Waals surface area contributed by atoms with Crippen molar-refractivity contribution in [3.8, 4) is 17.1 Å². The summed E-state index contributed by atoms with van der Waals surface area (Å²) in [6.07, 6.45) is -0.0201. The van der Waals surface area contributed by atoms with Gasteiger partial charge in [0.1, 0.15) is 16.4 Å². The highest BCUT2D eigenvalue weighted by molar-refractivity contribution is 7.25. The molecule has 0 radical (unpaired) electrons. The fourth-order valence-electron chi connectivity index (χ4n) is 3.83. The van der Waals surface area contributed by atoms with Gasteiger partial charge in [-0.15, -0.1) is 11.3 Å². The number of carboxylic acids is 1. The van der Waals surface area contributed by atoms with Gasteiger partial charge in [-0.05, 0) is 29.3 Å². The van der Waals surface area contributed by atoms with E-state index >= 15 is 0 Å². The van der Waals surface area contributed by atoms with Crippen molar-refractivity contribution in [2.24, 2.45) is 0 Å². The molecule has 0 fully saturated rings. The van der Waals surface area contributed by atoms with E-state index in [0.717, 1.165) is 42.8 Å². The molecule has 0 aliphatic heterocycles. The molecule has 0 bridgehead atoms. The van der Waals surface area contributed by atoms with E-state index < -0.39 is 5.97 Å². The summed E-state index contributed by atoms with van der Waals surface area (Å²) in [6.45, 7) is 0.525. The van der Waals surface area contributed by atoms with Gasteiger partial charge in [0.25, 0.3) is 0 Å². The Kier molecular flexibility index (Phi) is 6.04. The van der Waals surface area contributed by atoms with E-state index in [1.54, 1.807) is 30.6 Å². The molecule has 2 aromatic heterocycles. The second-order valence-corrected chi connectivity index (χ2v) is 9.20. The summed E-state index contributed by atoms with van der Waals surface area (Å²) in [5.74, 6) is 1.09. The van der Waals surface area contributed by atoms with Crippen LogP contribution in [-0.2, 0) is 17.8 Å². The van der Waals surface area contributed by atoms with Crippen molar-refractivity contribution in [2.45, 2.75) is 13.0 Å². The molecule has 2 heterocycles. The zero-order valence-electron chi connectivity index (χ0n) is 18.2. The molecular weight excluding hydrogens is 470 g/mol. The molecule has 0 unspecified atom stereocenters. The van der Waals surface area contributed by atoms with Gasteiger partial charge in [0.05, 0.1) is 23.9 Å². The number of hydrogen-bond donors (Lipinski definition) is 2. The Bertz CT molecular complexity index is 1520. The van der Waals surface area contributed by atoms with Gasteiger partial charge in [-0.3, -0.25) is 4.79 Å². The number of nitrogens with one attached hydrogen (secondary N) is 1. The summed E-state index contributed by atoms with van der Waals surface area (Å²) in [6, 6.07) is 21.2. The van der Waals surface area contributed by atoms with Crippen molar-refractivity contribution in [3.63, 3.8) is 0 Å². The van der Waals surface area contributed by atoms with Crippen LogP contribution in [0.3, 0.4) is 0 Å². The topological polar surface area (TPSA) is 84.3 Å². The number of aromatic nitrogens is 2. The maximum atomic E-state index is 11.0. The van der Waals surface area contributed by atoms with Crippen LogP contribution in [-0.4, -0.2) is 28.2 Å². The fourth-order valence-corrected chi connectivity index (χ4v) is 5.19. The van der Waals surface area contributed by atoms with E-state index in [9.17, 15) is 4.79 Å². The zero-order valence-corrected chi connectivity index (χ0v) is 19.8. The number of methoxy groups -OCH3 is 1. The van der Waals surface area contributed by atoms with E-state index in [1.807, 2.05) is 42.5 Å². The van der Waals surface area contributed by atoms with Gasteiger partial charge in [0, 0.05) is 22.2 Å². The quantitative estimate of drug-likeness (QED) is 0.274.